The molecule has 0 spiro atoms. The van der Waals surface area contributed by atoms with Crippen molar-refractivity contribution in [1.29, 1.82) is 0 Å². The minimum absolute atomic E-state index is 0.625. The second-order valence-corrected chi connectivity index (χ2v) is 1.25. The van der Waals surface area contributed by atoms with Crippen molar-refractivity contribution in [3.8, 4) is 0 Å². The lowest BCUT2D eigenvalue weighted by atomic mass is 10.7. The predicted octanol–water partition coefficient (Wildman–Crippen LogP) is 0.675. The van der Waals surface area contributed by atoms with Crippen molar-refractivity contribution in [2.45, 2.75) is 6.18 Å². The first kappa shape index (κ1) is 8.42. The number of alkyl halides is 3. The zero-order valence-corrected chi connectivity index (χ0v) is 4.36. The summed E-state index contributed by atoms with van der Waals surface area (Å²) < 4.78 is 37.2. The van der Waals surface area contributed by atoms with E-state index in [1.54, 1.807) is 0 Å². The summed E-state index contributed by atoms with van der Waals surface area (Å²) in [6.07, 6.45) is -3.18. The smallest absolute Gasteiger partial charge is 0.364 e. The average Bonchev–Trinajstić information content (AvgIpc) is 1.63. The summed E-state index contributed by atoms with van der Waals surface area (Å²) in [6.45, 7) is -2.01. The first-order chi connectivity index (χ1) is 4.06. The van der Waals surface area contributed by atoms with Crippen LogP contribution in [-0.2, 0) is 9.53 Å². The molecule has 0 aromatic carbocycles. The Bertz CT molecular complexity index is 88.3. The molecule has 0 aromatic heterocycles. The highest BCUT2D eigenvalue weighted by atomic mass is 19.4. The van der Waals surface area contributed by atoms with Crippen LogP contribution < -0.4 is 0 Å². The summed E-state index contributed by atoms with van der Waals surface area (Å²) in [5, 5.41) is 0. The topological polar surface area (TPSA) is 26.3 Å². The highest BCUT2D eigenvalue weighted by Crippen LogP contribution is 2.13. The fraction of sp³-hybridized carbons (Fsp3) is 0.750. The molecule has 0 fully saturated rings. The van der Waals surface area contributed by atoms with Crippen molar-refractivity contribution in [3.05, 3.63) is 0 Å². The summed E-state index contributed by atoms with van der Waals surface area (Å²) in [5.74, 6) is 0. The normalized spacial score (nSPS) is 11.4. The number of hydrogen-bond acceptors (Lipinski definition) is 2. The Hall–Kier alpha value is -0.580. The Morgan fingerprint density at radius 1 is 1.44 bits per heavy atom. The molecular weight excluding hydrogens is 137 g/mol. The Morgan fingerprint density at radius 3 is 2.33 bits per heavy atom. The van der Waals surface area contributed by atoms with Crippen LogP contribution in [-0.4, -0.2) is 25.7 Å². The zero-order chi connectivity index (χ0) is 7.33. The molecule has 1 radical (unpaired) electrons. The van der Waals surface area contributed by atoms with E-state index in [9.17, 15) is 18.0 Å². The lowest BCUT2D eigenvalue weighted by molar-refractivity contribution is -0.170. The quantitative estimate of drug-likeness (QED) is 0.540. The van der Waals surface area contributed by atoms with Gasteiger partial charge in [-0.05, 0) is 0 Å². The molecule has 0 heterocycles. The molecule has 9 heavy (non-hydrogen) atoms. The van der Waals surface area contributed by atoms with E-state index in [1.165, 1.54) is 6.29 Å². The molecule has 0 saturated carbocycles. The van der Waals surface area contributed by atoms with Gasteiger partial charge in [0, 0.05) is 0 Å². The molecular formula is C4H4F3O2. The maximum Gasteiger partial charge on any atom is 0.411 e. The molecule has 0 atom stereocenters. The van der Waals surface area contributed by atoms with Gasteiger partial charge < -0.3 is 4.74 Å². The molecule has 0 N–H and O–H groups in total. The maximum absolute atomic E-state index is 11.1. The molecule has 0 unspecified atom stereocenters. The lowest BCUT2D eigenvalue weighted by Crippen LogP contribution is -2.17. The summed E-state index contributed by atoms with van der Waals surface area (Å²) in [7, 11) is 0. The van der Waals surface area contributed by atoms with Crippen LogP contribution in [0, 0.1) is 0 Å². The van der Waals surface area contributed by atoms with E-state index in [0.717, 1.165) is 0 Å². The molecule has 0 aliphatic rings. The molecule has 0 aliphatic carbocycles. The van der Waals surface area contributed by atoms with Gasteiger partial charge in [-0.25, -0.2) is 0 Å². The zero-order valence-electron chi connectivity index (χ0n) is 4.36. The molecule has 5 heteroatoms. The largest absolute Gasteiger partial charge is 0.411 e. The van der Waals surface area contributed by atoms with Crippen LogP contribution in [0.4, 0.5) is 13.2 Å². The molecule has 53 valence electrons. The first-order valence-corrected chi connectivity index (χ1v) is 2.06. The third-order valence-electron chi connectivity index (χ3n) is 0.427. The van der Waals surface area contributed by atoms with Gasteiger partial charge in [0.1, 0.15) is 13.2 Å². The molecule has 0 aliphatic heterocycles. The van der Waals surface area contributed by atoms with Crippen LogP contribution >= 0.6 is 0 Å². The fourth-order valence-corrected chi connectivity index (χ4v) is 0.208. The molecule has 0 rings (SSSR count). The molecule has 0 saturated heterocycles. The van der Waals surface area contributed by atoms with Gasteiger partial charge in [0.15, 0.2) is 0 Å². The van der Waals surface area contributed by atoms with Gasteiger partial charge >= 0.3 is 6.18 Å². The van der Waals surface area contributed by atoms with Crippen molar-refractivity contribution >= 4 is 6.29 Å². The monoisotopic (exact) mass is 141 g/mol. The van der Waals surface area contributed by atoms with Crippen LogP contribution in [0.2, 0.25) is 0 Å². The summed E-state index contributed by atoms with van der Waals surface area (Å²) >= 11 is 0. The molecule has 0 amide bonds. The SMILES string of the molecule is O=[C]COCC(F)(F)F. The maximum atomic E-state index is 11.1. The number of halogens is 3. The van der Waals surface area contributed by atoms with Crippen LogP contribution in [0.1, 0.15) is 0 Å². The second-order valence-electron chi connectivity index (χ2n) is 1.25. The van der Waals surface area contributed by atoms with E-state index < -0.39 is 19.4 Å². The van der Waals surface area contributed by atoms with E-state index in [-0.39, 0.29) is 0 Å². The Morgan fingerprint density at radius 2 is 2.00 bits per heavy atom. The van der Waals surface area contributed by atoms with Gasteiger partial charge in [0.05, 0.1) is 0 Å². The van der Waals surface area contributed by atoms with Gasteiger partial charge in [-0.3, -0.25) is 4.79 Å². The highest BCUT2D eigenvalue weighted by Gasteiger charge is 2.27. The predicted molar refractivity (Wildman–Crippen MR) is 22.6 cm³/mol. The van der Waals surface area contributed by atoms with Gasteiger partial charge in [-0.1, -0.05) is 0 Å². The Kier molecular flexibility index (Phi) is 3.22. The van der Waals surface area contributed by atoms with Gasteiger partial charge in [-0.2, -0.15) is 13.2 Å². The van der Waals surface area contributed by atoms with Crippen LogP contribution in [0.25, 0.3) is 0 Å². The lowest BCUT2D eigenvalue weighted by Gasteiger charge is -2.02. The van der Waals surface area contributed by atoms with Gasteiger partial charge in [-0.15, -0.1) is 0 Å². The standard InChI is InChI=1S/C4H4F3O2/c5-4(6,7)3-9-2-1-8/h2-3H2. The van der Waals surface area contributed by atoms with Crippen LogP contribution in [0.3, 0.4) is 0 Å². The minimum Gasteiger partial charge on any atom is -0.364 e. The van der Waals surface area contributed by atoms with Crippen LogP contribution in [0.5, 0.6) is 0 Å². The van der Waals surface area contributed by atoms with Crippen molar-refractivity contribution in [1.82, 2.24) is 0 Å². The van der Waals surface area contributed by atoms with Crippen molar-refractivity contribution < 1.29 is 22.7 Å². The van der Waals surface area contributed by atoms with E-state index in [4.69, 9.17) is 0 Å². The van der Waals surface area contributed by atoms with Crippen molar-refractivity contribution in [2.24, 2.45) is 0 Å². The van der Waals surface area contributed by atoms with E-state index in [2.05, 4.69) is 4.74 Å². The second kappa shape index (κ2) is 3.45. The van der Waals surface area contributed by atoms with Crippen molar-refractivity contribution in [2.75, 3.05) is 13.2 Å². The summed E-state index contributed by atoms with van der Waals surface area (Å²) in [6, 6.07) is 0. The van der Waals surface area contributed by atoms with E-state index in [1.807, 2.05) is 0 Å². The van der Waals surface area contributed by atoms with Crippen molar-refractivity contribution in [3.63, 3.8) is 0 Å². The molecule has 0 bridgehead atoms. The summed E-state index contributed by atoms with van der Waals surface area (Å²) in [4.78, 5) is 9.27. The number of carbonyl (C=O) groups excluding carboxylic acids is 1. The number of ether oxygens (including phenoxy) is 1. The van der Waals surface area contributed by atoms with E-state index in [0.29, 0.717) is 0 Å². The fourth-order valence-electron chi connectivity index (χ4n) is 0.208. The number of hydrogen-bond donors (Lipinski definition) is 0. The van der Waals surface area contributed by atoms with Gasteiger partial charge in [0.2, 0.25) is 6.29 Å². The Labute approximate surface area is 49.6 Å². The Balaban J connectivity index is 3.17. The minimum atomic E-state index is -4.35. The van der Waals surface area contributed by atoms with Crippen LogP contribution in [0.15, 0.2) is 0 Å². The third kappa shape index (κ3) is 7.42. The third-order valence-corrected chi connectivity index (χ3v) is 0.427. The summed E-state index contributed by atoms with van der Waals surface area (Å²) in [5.41, 5.74) is 0. The van der Waals surface area contributed by atoms with E-state index >= 15 is 0 Å². The van der Waals surface area contributed by atoms with Gasteiger partial charge in [0.25, 0.3) is 0 Å². The highest BCUT2D eigenvalue weighted by molar-refractivity contribution is 5.51. The molecule has 0 aromatic rings. The first-order valence-electron chi connectivity index (χ1n) is 2.06. The number of rotatable bonds is 3. The molecule has 2 nitrogen and oxygen atoms in total. The average molecular weight is 141 g/mol.